The Morgan fingerprint density at radius 1 is 1.38 bits per heavy atom. The first-order valence-electron chi connectivity index (χ1n) is 5.49. The zero-order valence-corrected chi connectivity index (χ0v) is 10.7. The highest BCUT2D eigenvalue weighted by Crippen LogP contribution is 2.37. The topological polar surface area (TPSA) is 46.2 Å². The number of nitrogen functional groups attached to an aromatic ring is 1. The van der Waals surface area contributed by atoms with Gasteiger partial charge in [0.25, 0.3) is 0 Å². The van der Waals surface area contributed by atoms with Gasteiger partial charge < -0.3 is 10.8 Å². The standard InChI is InChI=1S/C12H16ClNOS/c13-10-7-9(14)3-4-11(10)16-8-12(15)5-1-2-6-12/h3-4,7,15H,1-2,5-6,8,14H2. The van der Waals surface area contributed by atoms with Crippen molar-refractivity contribution in [1.82, 2.24) is 0 Å². The molecule has 2 nitrogen and oxygen atoms in total. The number of halogens is 1. The lowest BCUT2D eigenvalue weighted by molar-refractivity contribution is 0.0733. The summed E-state index contributed by atoms with van der Waals surface area (Å²) in [5.74, 6) is 0.719. The predicted octanol–water partition coefficient (Wildman–Crippen LogP) is 3.32. The summed E-state index contributed by atoms with van der Waals surface area (Å²) in [7, 11) is 0. The van der Waals surface area contributed by atoms with Crippen molar-refractivity contribution in [3.8, 4) is 0 Å². The van der Waals surface area contributed by atoms with Crippen molar-refractivity contribution in [3.05, 3.63) is 23.2 Å². The molecular weight excluding hydrogens is 242 g/mol. The van der Waals surface area contributed by atoms with Crippen molar-refractivity contribution in [2.45, 2.75) is 36.2 Å². The van der Waals surface area contributed by atoms with E-state index in [1.54, 1.807) is 17.8 Å². The number of thioether (sulfide) groups is 1. The monoisotopic (exact) mass is 257 g/mol. The second kappa shape index (κ2) is 4.86. The van der Waals surface area contributed by atoms with Crippen molar-refractivity contribution in [2.24, 2.45) is 0 Å². The first-order valence-corrected chi connectivity index (χ1v) is 6.86. The minimum absolute atomic E-state index is 0.491. The highest BCUT2D eigenvalue weighted by molar-refractivity contribution is 7.99. The molecule has 1 aliphatic rings. The van der Waals surface area contributed by atoms with Crippen LogP contribution in [0.4, 0.5) is 5.69 Å². The summed E-state index contributed by atoms with van der Waals surface area (Å²) >= 11 is 7.69. The third-order valence-electron chi connectivity index (χ3n) is 2.99. The number of rotatable bonds is 3. The molecule has 1 aromatic rings. The quantitative estimate of drug-likeness (QED) is 0.645. The van der Waals surface area contributed by atoms with Crippen LogP contribution in [0.15, 0.2) is 23.1 Å². The summed E-state index contributed by atoms with van der Waals surface area (Å²) in [6.45, 7) is 0. The van der Waals surface area contributed by atoms with E-state index in [1.807, 2.05) is 12.1 Å². The zero-order valence-electron chi connectivity index (χ0n) is 9.08. The maximum atomic E-state index is 10.2. The van der Waals surface area contributed by atoms with E-state index in [9.17, 15) is 5.11 Å². The molecule has 1 saturated carbocycles. The van der Waals surface area contributed by atoms with Gasteiger partial charge in [0.2, 0.25) is 0 Å². The molecule has 0 atom stereocenters. The van der Waals surface area contributed by atoms with Gasteiger partial charge in [0.05, 0.1) is 10.6 Å². The second-order valence-electron chi connectivity index (χ2n) is 4.41. The van der Waals surface area contributed by atoms with Crippen molar-refractivity contribution in [1.29, 1.82) is 0 Å². The SMILES string of the molecule is Nc1ccc(SCC2(O)CCCC2)c(Cl)c1. The number of aliphatic hydroxyl groups is 1. The normalized spacial score (nSPS) is 18.9. The van der Waals surface area contributed by atoms with E-state index in [1.165, 1.54) is 0 Å². The van der Waals surface area contributed by atoms with Crippen LogP contribution in [-0.2, 0) is 0 Å². The van der Waals surface area contributed by atoms with Crippen LogP contribution in [0.5, 0.6) is 0 Å². The van der Waals surface area contributed by atoms with E-state index in [2.05, 4.69) is 0 Å². The van der Waals surface area contributed by atoms with Crippen LogP contribution in [-0.4, -0.2) is 16.5 Å². The Balaban J connectivity index is 1.99. The highest BCUT2D eigenvalue weighted by atomic mass is 35.5. The van der Waals surface area contributed by atoms with Crippen LogP contribution in [0.2, 0.25) is 5.02 Å². The smallest absolute Gasteiger partial charge is 0.0741 e. The zero-order chi connectivity index (χ0) is 11.6. The lowest BCUT2D eigenvalue weighted by Crippen LogP contribution is -2.27. The van der Waals surface area contributed by atoms with Gasteiger partial charge >= 0.3 is 0 Å². The fraction of sp³-hybridized carbons (Fsp3) is 0.500. The van der Waals surface area contributed by atoms with E-state index in [0.29, 0.717) is 10.7 Å². The van der Waals surface area contributed by atoms with E-state index in [-0.39, 0.29) is 0 Å². The third-order valence-corrected chi connectivity index (χ3v) is 4.76. The van der Waals surface area contributed by atoms with Crippen LogP contribution in [0.25, 0.3) is 0 Å². The lowest BCUT2D eigenvalue weighted by atomic mass is 10.1. The predicted molar refractivity (Wildman–Crippen MR) is 70.0 cm³/mol. The summed E-state index contributed by atoms with van der Waals surface area (Å²) < 4.78 is 0. The van der Waals surface area contributed by atoms with Gasteiger partial charge in [-0.15, -0.1) is 11.8 Å². The Hall–Kier alpha value is -0.380. The summed E-state index contributed by atoms with van der Waals surface area (Å²) in [6.07, 6.45) is 4.08. The number of hydrogen-bond donors (Lipinski definition) is 2. The molecule has 4 heteroatoms. The van der Waals surface area contributed by atoms with Gasteiger partial charge in [-0.3, -0.25) is 0 Å². The van der Waals surface area contributed by atoms with Crippen LogP contribution >= 0.6 is 23.4 Å². The molecule has 16 heavy (non-hydrogen) atoms. The van der Waals surface area contributed by atoms with Gasteiger partial charge in [-0.1, -0.05) is 24.4 Å². The first kappa shape index (κ1) is 12.1. The van der Waals surface area contributed by atoms with E-state index in [0.717, 1.165) is 36.3 Å². The van der Waals surface area contributed by atoms with Crippen LogP contribution in [0.1, 0.15) is 25.7 Å². The maximum absolute atomic E-state index is 10.2. The number of hydrogen-bond acceptors (Lipinski definition) is 3. The molecule has 1 aromatic carbocycles. The van der Waals surface area contributed by atoms with Gasteiger partial charge in [0.15, 0.2) is 0 Å². The third kappa shape index (κ3) is 2.84. The largest absolute Gasteiger partial charge is 0.399 e. The first-order chi connectivity index (χ1) is 7.59. The molecule has 3 N–H and O–H groups in total. The molecule has 0 saturated heterocycles. The van der Waals surface area contributed by atoms with Gasteiger partial charge in [-0.05, 0) is 31.0 Å². The van der Waals surface area contributed by atoms with Crippen molar-refractivity contribution < 1.29 is 5.11 Å². The molecule has 2 rings (SSSR count). The molecule has 1 aliphatic carbocycles. The minimum atomic E-state index is -0.491. The number of benzene rings is 1. The Labute approximate surface area is 105 Å². The Bertz CT molecular complexity index is 377. The molecule has 0 radical (unpaired) electrons. The number of nitrogens with two attached hydrogens (primary N) is 1. The van der Waals surface area contributed by atoms with E-state index < -0.39 is 5.60 Å². The van der Waals surface area contributed by atoms with Crippen molar-refractivity contribution in [2.75, 3.05) is 11.5 Å². The fourth-order valence-electron chi connectivity index (χ4n) is 2.02. The highest BCUT2D eigenvalue weighted by Gasteiger charge is 2.31. The number of anilines is 1. The average Bonchev–Trinajstić information content (AvgIpc) is 2.64. The maximum Gasteiger partial charge on any atom is 0.0741 e. The van der Waals surface area contributed by atoms with Gasteiger partial charge in [-0.25, -0.2) is 0 Å². The van der Waals surface area contributed by atoms with Crippen molar-refractivity contribution >= 4 is 29.1 Å². The summed E-state index contributed by atoms with van der Waals surface area (Å²) in [5, 5.41) is 10.9. The van der Waals surface area contributed by atoms with Crippen molar-refractivity contribution in [3.63, 3.8) is 0 Å². The molecule has 0 spiro atoms. The Kier molecular flexibility index (Phi) is 3.67. The van der Waals surface area contributed by atoms with Gasteiger partial charge in [0.1, 0.15) is 0 Å². The molecule has 0 aromatic heterocycles. The molecule has 1 fully saturated rings. The molecule has 0 aliphatic heterocycles. The lowest BCUT2D eigenvalue weighted by Gasteiger charge is -2.21. The fourth-order valence-corrected chi connectivity index (χ4v) is 3.45. The summed E-state index contributed by atoms with van der Waals surface area (Å²) in [4.78, 5) is 0.996. The van der Waals surface area contributed by atoms with E-state index in [4.69, 9.17) is 17.3 Å². The molecule has 0 bridgehead atoms. The van der Waals surface area contributed by atoms with E-state index >= 15 is 0 Å². The molecule has 88 valence electrons. The molecule has 0 heterocycles. The van der Waals surface area contributed by atoms with Gasteiger partial charge in [-0.2, -0.15) is 0 Å². The van der Waals surface area contributed by atoms with Gasteiger partial charge in [0, 0.05) is 16.3 Å². The second-order valence-corrected chi connectivity index (χ2v) is 5.83. The Morgan fingerprint density at radius 2 is 2.06 bits per heavy atom. The Morgan fingerprint density at radius 3 is 2.69 bits per heavy atom. The van der Waals surface area contributed by atoms with Crippen LogP contribution < -0.4 is 5.73 Å². The van der Waals surface area contributed by atoms with Crippen LogP contribution in [0.3, 0.4) is 0 Å². The average molecular weight is 258 g/mol. The van der Waals surface area contributed by atoms with Crippen LogP contribution in [0, 0.1) is 0 Å². The summed E-state index contributed by atoms with van der Waals surface area (Å²) in [5.41, 5.74) is 5.81. The molecule has 0 unspecified atom stereocenters. The molecule has 0 amide bonds. The molecular formula is C12H16ClNOS. The summed E-state index contributed by atoms with van der Waals surface area (Å²) in [6, 6.07) is 5.51. The minimum Gasteiger partial charge on any atom is -0.399 e.